The maximum absolute atomic E-state index is 11.7. The van der Waals surface area contributed by atoms with Crippen molar-refractivity contribution in [2.45, 2.75) is 31.8 Å². The first-order valence-corrected chi connectivity index (χ1v) is 10.8. The van der Waals surface area contributed by atoms with Crippen molar-refractivity contribution in [1.29, 1.82) is 5.26 Å². The van der Waals surface area contributed by atoms with Crippen LogP contribution < -0.4 is 0 Å². The van der Waals surface area contributed by atoms with Crippen molar-refractivity contribution in [3.63, 3.8) is 0 Å². The summed E-state index contributed by atoms with van der Waals surface area (Å²) in [5.41, 5.74) is 3.37. The van der Waals surface area contributed by atoms with Gasteiger partial charge < -0.3 is 4.57 Å². The van der Waals surface area contributed by atoms with Crippen LogP contribution in [0.3, 0.4) is 0 Å². The highest BCUT2D eigenvalue weighted by Crippen LogP contribution is 2.44. The van der Waals surface area contributed by atoms with Crippen LogP contribution in [0.1, 0.15) is 34.5 Å². The molecule has 1 aromatic carbocycles. The molecule has 7 heteroatoms. The molecule has 0 amide bonds. The first-order chi connectivity index (χ1) is 13.0. The lowest BCUT2D eigenvalue weighted by Crippen LogP contribution is -2.52. The van der Waals surface area contributed by atoms with Crippen LogP contribution in [0.2, 0.25) is 0 Å². The van der Waals surface area contributed by atoms with Gasteiger partial charge in [-0.2, -0.15) is 5.26 Å². The highest BCUT2D eigenvalue weighted by Gasteiger charge is 2.49. The number of fused-ring (bicyclic) bond motifs is 1. The predicted molar refractivity (Wildman–Crippen MR) is 106 cm³/mol. The van der Waals surface area contributed by atoms with Gasteiger partial charge in [0.15, 0.2) is 0 Å². The normalized spacial score (nSPS) is 21.1. The Labute approximate surface area is 161 Å². The third-order valence-electron chi connectivity index (χ3n) is 6.19. The van der Waals surface area contributed by atoms with Crippen LogP contribution in [-0.2, 0) is 17.5 Å². The third-order valence-corrected chi connectivity index (χ3v) is 7.28. The fourth-order valence-corrected chi connectivity index (χ4v) is 4.99. The van der Waals surface area contributed by atoms with E-state index in [1.54, 1.807) is 6.26 Å². The summed E-state index contributed by atoms with van der Waals surface area (Å²) in [7, 11) is -0.905. The van der Waals surface area contributed by atoms with E-state index < -0.39 is 11.0 Å². The molecule has 0 N–H and O–H groups in total. The molecule has 0 spiro atoms. The van der Waals surface area contributed by atoms with Gasteiger partial charge in [-0.1, -0.05) is 0 Å². The zero-order valence-corrected chi connectivity index (χ0v) is 16.6. The number of benzene rings is 1. The van der Waals surface area contributed by atoms with Crippen LogP contribution in [0, 0.1) is 18.3 Å². The number of hydrogen-bond acceptors (Lipinski definition) is 4. The van der Waals surface area contributed by atoms with Gasteiger partial charge in [-0.15, -0.1) is 0 Å². The van der Waals surface area contributed by atoms with Gasteiger partial charge in [0.1, 0.15) is 18.0 Å². The summed E-state index contributed by atoms with van der Waals surface area (Å²) in [6.45, 7) is 6.20. The van der Waals surface area contributed by atoms with E-state index in [4.69, 9.17) is 0 Å². The molecule has 1 unspecified atom stereocenters. The predicted octanol–water partition coefficient (Wildman–Crippen LogP) is 2.08. The quantitative estimate of drug-likeness (QED) is 0.740. The molecule has 2 aliphatic rings. The number of nitriles is 1. The number of rotatable bonds is 5. The molecular weight excluding hydrogens is 360 g/mol. The van der Waals surface area contributed by atoms with Crippen LogP contribution in [0.15, 0.2) is 18.2 Å². The van der Waals surface area contributed by atoms with Gasteiger partial charge in [0.05, 0.1) is 11.0 Å². The zero-order chi connectivity index (χ0) is 19.2. The Kier molecular flexibility index (Phi) is 4.66. The Bertz CT molecular complexity index is 962. The highest BCUT2D eigenvalue weighted by atomic mass is 32.2. The van der Waals surface area contributed by atoms with E-state index in [1.807, 2.05) is 29.4 Å². The summed E-state index contributed by atoms with van der Waals surface area (Å²) >= 11 is 0. The number of hydrogen-bond donors (Lipinski definition) is 0. The van der Waals surface area contributed by atoms with Crippen LogP contribution in [0.5, 0.6) is 0 Å². The van der Waals surface area contributed by atoms with Crippen molar-refractivity contribution >= 4 is 28.2 Å². The van der Waals surface area contributed by atoms with E-state index in [0.29, 0.717) is 11.3 Å². The lowest BCUT2D eigenvalue weighted by molar-refractivity contribution is 0.112. The van der Waals surface area contributed by atoms with E-state index >= 15 is 0 Å². The summed E-state index contributed by atoms with van der Waals surface area (Å²) < 4.78 is 15.8. The third kappa shape index (κ3) is 3.12. The summed E-state index contributed by atoms with van der Waals surface area (Å²) in [5.74, 6) is 0. The number of carbonyl (C=O) groups is 1. The summed E-state index contributed by atoms with van der Waals surface area (Å²) in [6, 6.07) is 8.05. The smallest absolute Gasteiger partial charge is 0.150 e. The molecule has 0 bridgehead atoms. The second-order valence-corrected chi connectivity index (χ2v) is 8.99. The largest absolute Gasteiger partial charge is 0.330 e. The molecule has 6 nitrogen and oxygen atoms in total. The molecule has 1 aliphatic heterocycles. The Morgan fingerprint density at radius 1 is 1.26 bits per heavy atom. The molecule has 142 valence electrons. The molecule has 1 saturated heterocycles. The summed E-state index contributed by atoms with van der Waals surface area (Å²) in [5, 5.41) is 10.7. The van der Waals surface area contributed by atoms with Gasteiger partial charge in [-0.25, -0.2) is 8.51 Å². The van der Waals surface area contributed by atoms with Gasteiger partial charge in [0.25, 0.3) is 0 Å². The van der Waals surface area contributed by atoms with E-state index in [2.05, 4.69) is 15.5 Å². The number of aromatic nitrogens is 1. The number of aldehydes is 1. The minimum Gasteiger partial charge on any atom is -0.330 e. The van der Waals surface area contributed by atoms with Gasteiger partial charge in [0.2, 0.25) is 0 Å². The highest BCUT2D eigenvalue weighted by molar-refractivity contribution is 7.81. The van der Waals surface area contributed by atoms with Gasteiger partial charge >= 0.3 is 0 Å². The number of nitrogens with zero attached hydrogens (tertiary/aromatic N) is 4. The molecule has 1 aliphatic carbocycles. The molecule has 1 atom stereocenters. The monoisotopic (exact) mass is 384 g/mol. The molecule has 2 fully saturated rings. The zero-order valence-electron chi connectivity index (χ0n) is 15.8. The van der Waals surface area contributed by atoms with E-state index in [1.165, 1.54) is 0 Å². The fraction of sp³-hybridized carbons (Fsp3) is 0.500. The number of carbonyl (C=O) groups excluding carboxylic acids is 1. The molecule has 1 aromatic heterocycles. The summed E-state index contributed by atoms with van der Waals surface area (Å²) in [6.07, 6.45) is 4.86. The van der Waals surface area contributed by atoms with Crippen molar-refractivity contribution in [2.75, 3.05) is 32.4 Å². The molecule has 0 radical (unpaired) electrons. The van der Waals surface area contributed by atoms with E-state index in [0.717, 1.165) is 68.3 Å². The lowest BCUT2D eigenvalue weighted by atomic mass is 10.1. The molecule has 2 aromatic rings. The lowest BCUT2D eigenvalue weighted by Gasteiger charge is -2.39. The topological polar surface area (TPSA) is 69.3 Å². The average molecular weight is 385 g/mol. The van der Waals surface area contributed by atoms with Crippen molar-refractivity contribution < 1.29 is 9.00 Å². The molecule has 4 rings (SSSR count). The van der Waals surface area contributed by atoms with Crippen LogP contribution >= 0.6 is 0 Å². The number of aryl methyl sites for hydroxylation is 1. The maximum Gasteiger partial charge on any atom is 0.150 e. The molecule has 1 saturated carbocycles. The first-order valence-electron chi connectivity index (χ1n) is 9.31. The maximum atomic E-state index is 11.7. The second-order valence-electron chi connectivity index (χ2n) is 7.62. The summed E-state index contributed by atoms with van der Waals surface area (Å²) in [4.78, 5) is 13.8. The van der Waals surface area contributed by atoms with Crippen molar-refractivity contribution in [2.24, 2.45) is 0 Å². The average Bonchev–Trinajstić information content (AvgIpc) is 3.38. The van der Waals surface area contributed by atoms with Crippen LogP contribution in [0.4, 0.5) is 0 Å². The van der Waals surface area contributed by atoms with Gasteiger partial charge in [0, 0.05) is 61.0 Å². The minimum atomic E-state index is -0.905. The van der Waals surface area contributed by atoms with Crippen LogP contribution in [-0.4, -0.2) is 62.2 Å². The van der Waals surface area contributed by atoms with E-state index in [-0.39, 0.29) is 5.54 Å². The molecular formula is C20H24N4O2S. The Morgan fingerprint density at radius 2 is 1.96 bits per heavy atom. The fourth-order valence-electron chi connectivity index (χ4n) is 4.32. The van der Waals surface area contributed by atoms with E-state index in [9.17, 15) is 14.3 Å². The first kappa shape index (κ1) is 18.4. The Hall–Kier alpha value is -2.01. The molecule has 2 heterocycles. The van der Waals surface area contributed by atoms with Crippen molar-refractivity contribution in [3.8, 4) is 6.07 Å². The second kappa shape index (κ2) is 6.86. The standard InChI is InChI=1S/C20H24N4O2S/c1-15-16(13-25)3-4-19-18(15)11-17(12-21)24(19)14-20(5-6-20)22-7-9-23(10-8-22)27(2)26/h3-4,11,13H,5-10,14H2,1-2H3. The SMILES string of the molecule is Cc1c(C=O)ccc2c1cc(C#N)n2CC1(N2CCN(S(C)=O)CC2)CC1. The number of piperazine rings is 1. The Balaban J connectivity index is 1.64. The van der Waals surface area contributed by atoms with Gasteiger partial charge in [-0.05, 0) is 43.5 Å². The van der Waals surface area contributed by atoms with Crippen molar-refractivity contribution in [3.05, 3.63) is 35.0 Å². The van der Waals surface area contributed by atoms with Crippen LogP contribution in [0.25, 0.3) is 10.9 Å². The van der Waals surface area contributed by atoms with Crippen molar-refractivity contribution in [1.82, 2.24) is 13.8 Å². The Morgan fingerprint density at radius 3 is 2.52 bits per heavy atom. The molecule has 27 heavy (non-hydrogen) atoms. The minimum absolute atomic E-state index is 0.0934. The van der Waals surface area contributed by atoms with Gasteiger partial charge in [-0.3, -0.25) is 9.69 Å².